The zero-order valence-corrected chi connectivity index (χ0v) is 29.2. The zero-order chi connectivity index (χ0) is 33.9. The van der Waals surface area contributed by atoms with E-state index in [4.69, 9.17) is 42.6 Å². The molecule has 3 N–H and O–H groups in total. The number of hydrogen-bond donors (Lipinski definition) is 3. The first-order valence-corrected chi connectivity index (χ1v) is 17.5. The molecular formula is C38H40Cl2N6O3. The van der Waals surface area contributed by atoms with Crippen LogP contribution in [-0.4, -0.2) is 59.4 Å². The van der Waals surface area contributed by atoms with E-state index in [1.54, 1.807) is 7.11 Å². The van der Waals surface area contributed by atoms with Crippen LogP contribution in [0.15, 0.2) is 66.9 Å². The van der Waals surface area contributed by atoms with Crippen LogP contribution in [0, 0.1) is 0 Å². The van der Waals surface area contributed by atoms with Crippen molar-refractivity contribution >= 4 is 40.1 Å². The second-order valence-electron chi connectivity index (χ2n) is 12.7. The van der Waals surface area contributed by atoms with Crippen molar-refractivity contribution < 1.29 is 14.3 Å². The number of carbonyl (C=O) groups is 1. The van der Waals surface area contributed by atoms with Gasteiger partial charge in [-0.2, -0.15) is 0 Å². The van der Waals surface area contributed by atoms with Gasteiger partial charge in [-0.3, -0.25) is 4.79 Å². The Morgan fingerprint density at radius 2 is 1.55 bits per heavy atom. The molecule has 5 heterocycles. The van der Waals surface area contributed by atoms with E-state index < -0.39 is 0 Å². The predicted molar refractivity (Wildman–Crippen MR) is 195 cm³/mol. The van der Waals surface area contributed by atoms with Crippen LogP contribution < -0.4 is 20.7 Å². The summed E-state index contributed by atoms with van der Waals surface area (Å²) < 4.78 is 13.5. The van der Waals surface area contributed by atoms with Crippen LogP contribution >= 0.6 is 23.2 Å². The smallest absolute Gasteiger partial charge is 0.220 e. The predicted octanol–water partition coefficient (Wildman–Crippen LogP) is 6.92. The molecule has 2 aliphatic heterocycles. The molecule has 1 amide bonds. The second kappa shape index (κ2) is 14.9. The third-order valence-corrected chi connectivity index (χ3v) is 10.2. The molecule has 2 unspecified atom stereocenters. The van der Waals surface area contributed by atoms with Crippen molar-refractivity contribution in [2.24, 2.45) is 7.05 Å². The molecule has 2 aliphatic rings. The van der Waals surface area contributed by atoms with Gasteiger partial charge in [-0.15, -0.1) is 0 Å². The van der Waals surface area contributed by atoms with E-state index in [0.717, 1.165) is 83.5 Å². The number of ether oxygens (including phenoxy) is 2. The van der Waals surface area contributed by atoms with Gasteiger partial charge in [0.05, 0.1) is 34.6 Å². The van der Waals surface area contributed by atoms with Crippen LogP contribution in [0.1, 0.15) is 36.8 Å². The molecule has 2 aromatic carbocycles. The van der Waals surface area contributed by atoms with Gasteiger partial charge < -0.3 is 30.0 Å². The Hall–Kier alpha value is -3.99. The first-order valence-electron chi connectivity index (χ1n) is 16.8. The molecule has 5 aromatic rings. The maximum absolute atomic E-state index is 11.5. The molecule has 254 valence electrons. The molecule has 0 radical (unpaired) electrons. The van der Waals surface area contributed by atoms with E-state index in [1.807, 2.05) is 61.6 Å². The fourth-order valence-electron chi connectivity index (χ4n) is 6.81. The molecule has 0 bridgehead atoms. The Labute approximate surface area is 296 Å². The number of aryl methyl sites for hydroxylation is 1. The van der Waals surface area contributed by atoms with E-state index in [-0.39, 0.29) is 11.9 Å². The number of nitrogens with one attached hydrogen (secondary N) is 3. The average molecular weight is 700 g/mol. The summed E-state index contributed by atoms with van der Waals surface area (Å²) in [5.41, 5.74) is 7.72. The van der Waals surface area contributed by atoms with Gasteiger partial charge in [0.1, 0.15) is 5.65 Å². The van der Waals surface area contributed by atoms with Gasteiger partial charge >= 0.3 is 0 Å². The number of halogens is 2. The van der Waals surface area contributed by atoms with Crippen molar-refractivity contribution in [2.75, 3.05) is 26.8 Å². The van der Waals surface area contributed by atoms with E-state index in [2.05, 4.69) is 32.8 Å². The Morgan fingerprint density at radius 3 is 2.22 bits per heavy atom. The second-order valence-corrected chi connectivity index (χ2v) is 13.5. The fourth-order valence-corrected chi connectivity index (χ4v) is 7.46. The molecule has 0 spiro atoms. The van der Waals surface area contributed by atoms with Gasteiger partial charge in [-0.1, -0.05) is 65.7 Å². The molecule has 2 atom stereocenters. The van der Waals surface area contributed by atoms with E-state index in [0.29, 0.717) is 47.2 Å². The third kappa shape index (κ3) is 7.18. The van der Waals surface area contributed by atoms with Crippen molar-refractivity contribution in [3.8, 4) is 39.5 Å². The Morgan fingerprint density at radius 1 is 0.878 bits per heavy atom. The summed E-state index contributed by atoms with van der Waals surface area (Å²) in [5, 5.41) is 12.2. The highest BCUT2D eigenvalue weighted by Gasteiger charge is 2.21. The topological polar surface area (TPSA) is 102 Å². The molecular weight excluding hydrogens is 659 g/mol. The fraction of sp³-hybridized carbons (Fsp3) is 0.342. The maximum atomic E-state index is 11.5. The summed E-state index contributed by atoms with van der Waals surface area (Å²) in [6.07, 6.45) is 6.11. The highest BCUT2D eigenvalue weighted by atomic mass is 35.5. The van der Waals surface area contributed by atoms with Gasteiger partial charge in [-0.25, -0.2) is 9.97 Å². The minimum Gasteiger partial charge on any atom is -0.481 e. The van der Waals surface area contributed by atoms with E-state index in [1.165, 1.54) is 5.56 Å². The number of carbonyl (C=O) groups excluding carboxylic acids is 1. The van der Waals surface area contributed by atoms with Crippen molar-refractivity contribution in [2.45, 2.75) is 50.9 Å². The highest BCUT2D eigenvalue weighted by molar-refractivity contribution is 6.39. The molecule has 2 fully saturated rings. The summed E-state index contributed by atoms with van der Waals surface area (Å²) in [6.45, 7) is 3.72. The molecule has 11 heteroatoms. The van der Waals surface area contributed by atoms with Crippen molar-refractivity contribution in [1.82, 2.24) is 30.5 Å². The number of hydrogen-bond acceptors (Lipinski definition) is 7. The maximum Gasteiger partial charge on any atom is 0.220 e. The lowest BCUT2D eigenvalue weighted by Gasteiger charge is -2.15. The van der Waals surface area contributed by atoms with Crippen molar-refractivity contribution in [3.63, 3.8) is 0 Å². The quantitative estimate of drug-likeness (QED) is 0.130. The van der Waals surface area contributed by atoms with Gasteiger partial charge in [-0.05, 0) is 43.0 Å². The van der Waals surface area contributed by atoms with Crippen LogP contribution in [0.2, 0.25) is 10.0 Å². The normalized spacial score (nSPS) is 17.6. The lowest BCUT2D eigenvalue weighted by Crippen LogP contribution is -2.35. The number of rotatable bonds is 12. The van der Waals surface area contributed by atoms with Crippen LogP contribution in [0.4, 0.5) is 0 Å². The molecule has 3 aromatic heterocycles. The first-order chi connectivity index (χ1) is 23.9. The summed E-state index contributed by atoms with van der Waals surface area (Å²) >= 11 is 14.3. The lowest BCUT2D eigenvalue weighted by molar-refractivity contribution is -0.119. The largest absolute Gasteiger partial charge is 0.481 e. The van der Waals surface area contributed by atoms with Crippen LogP contribution in [0.5, 0.6) is 5.88 Å². The number of aromatic nitrogens is 3. The number of benzene rings is 2. The molecule has 2 saturated heterocycles. The number of pyridine rings is 2. The van der Waals surface area contributed by atoms with Crippen LogP contribution in [0.3, 0.4) is 0 Å². The van der Waals surface area contributed by atoms with Crippen molar-refractivity contribution in [1.29, 1.82) is 0 Å². The minimum atomic E-state index is 0.107. The number of amides is 1. The number of nitrogens with zero attached hydrogens (tertiary/aromatic N) is 3. The summed E-state index contributed by atoms with van der Waals surface area (Å²) in [7, 11) is 3.64. The third-order valence-electron chi connectivity index (χ3n) is 9.38. The minimum absolute atomic E-state index is 0.107. The molecule has 0 aliphatic carbocycles. The summed E-state index contributed by atoms with van der Waals surface area (Å²) in [6, 6.07) is 20.1. The molecule has 9 nitrogen and oxygen atoms in total. The monoisotopic (exact) mass is 698 g/mol. The summed E-state index contributed by atoms with van der Waals surface area (Å²) in [4.78, 5) is 21.4. The van der Waals surface area contributed by atoms with Crippen LogP contribution in [0.25, 0.3) is 44.7 Å². The van der Waals surface area contributed by atoms with Gasteiger partial charge in [0.2, 0.25) is 11.8 Å². The zero-order valence-electron chi connectivity index (χ0n) is 27.7. The van der Waals surface area contributed by atoms with Crippen LogP contribution in [-0.2, 0) is 29.7 Å². The van der Waals surface area contributed by atoms with Gasteiger partial charge in [0.25, 0.3) is 0 Å². The Balaban J connectivity index is 1.12. The lowest BCUT2D eigenvalue weighted by atomic mass is 9.98. The van der Waals surface area contributed by atoms with Gasteiger partial charge in [0.15, 0.2) is 0 Å². The highest BCUT2D eigenvalue weighted by Crippen LogP contribution is 2.42. The number of fused-ring (bicyclic) bond motifs is 1. The van der Waals surface area contributed by atoms with Crippen molar-refractivity contribution in [3.05, 3.63) is 88.0 Å². The molecule has 7 rings (SSSR count). The first kappa shape index (κ1) is 33.5. The molecule has 0 saturated carbocycles. The van der Waals surface area contributed by atoms with E-state index >= 15 is 0 Å². The number of methoxy groups -OCH3 is 1. The molecule has 49 heavy (non-hydrogen) atoms. The average Bonchev–Trinajstić information content (AvgIpc) is 3.86. The Kier molecular flexibility index (Phi) is 10.2. The SMILES string of the molecule is COc1nc(-c2cccc(-c3cccc(-c4ccc5c(CNCC6CCCO6)cn(C)c5n4)c3Cl)c2Cl)ccc1CNCC1CCC(=O)N1. The summed E-state index contributed by atoms with van der Waals surface area (Å²) in [5.74, 6) is 0.627. The van der Waals surface area contributed by atoms with E-state index in [9.17, 15) is 4.79 Å². The standard InChI is InChI=1S/C38H40Cl2N6O3/c1-46-22-24(19-42-21-26-6-5-17-49-26)27-13-15-32(44-37(27)46)30-9-3-7-28(35(30)39)29-8-4-10-31(36(29)40)33-14-11-23(38(45-33)48-2)18-41-20-25-12-16-34(47)43-25/h3-4,7-11,13-15,22,25-26,41-42H,5-6,12,16-21H2,1-2H3,(H,43,47). The Bertz CT molecular complexity index is 1990. The van der Waals surface area contributed by atoms with Gasteiger partial charge in [0, 0.05) is 91.7 Å².